The first-order valence-corrected chi connectivity index (χ1v) is 10.8. The standard InChI is InChI=1S/C21H28N2O4S/c1-6-23(7-2)28(25,26)19-11-9-18(10-12-19)22-21(24)17(5)27-20-13-8-15(3)14-16(20)4/h8-14,17H,6-7H2,1-5H3,(H,22,24)/t17-/m0/s1. The Morgan fingerprint density at radius 2 is 1.68 bits per heavy atom. The summed E-state index contributed by atoms with van der Waals surface area (Å²) in [7, 11) is -3.52. The van der Waals surface area contributed by atoms with E-state index in [1.165, 1.54) is 16.4 Å². The number of ether oxygens (including phenoxy) is 1. The first-order chi connectivity index (χ1) is 13.2. The number of sulfonamides is 1. The fraction of sp³-hybridized carbons (Fsp3) is 0.381. The molecule has 0 fully saturated rings. The average Bonchev–Trinajstić information content (AvgIpc) is 2.65. The first-order valence-electron chi connectivity index (χ1n) is 9.34. The highest BCUT2D eigenvalue weighted by molar-refractivity contribution is 7.89. The Kier molecular flexibility index (Phi) is 7.21. The summed E-state index contributed by atoms with van der Waals surface area (Å²) < 4.78 is 32.2. The zero-order valence-corrected chi connectivity index (χ0v) is 17.8. The molecule has 0 radical (unpaired) electrons. The predicted molar refractivity (Wildman–Crippen MR) is 111 cm³/mol. The van der Waals surface area contributed by atoms with Crippen LogP contribution in [0.25, 0.3) is 0 Å². The van der Waals surface area contributed by atoms with E-state index in [-0.39, 0.29) is 10.8 Å². The Bertz CT molecular complexity index is 920. The SMILES string of the molecule is CCN(CC)S(=O)(=O)c1ccc(NC(=O)[C@H](C)Oc2ccc(C)cc2C)cc1. The second kappa shape index (κ2) is 9.21. The number of aryl methyl sites for hydroxylation is 2. The van der Waals surface area contributed by atoms with E-state index < -0.39 is 16.1 Å². The Morgan fingerprint density at radius 3 is 2.21 bits per heavy atom. The predicted octanol–water partition coefficient (Wildman–Crippen LogP) is 3.74. The number of nitrogens with zero attached hydrogens (tertiary/aromatic N) is 1. The normalized spacial score (nSPS) is 12.6. The van der Waals surface area contributed by atoms with E-state index in [0.29, 0.717) is 24.5 Å². The average molecular weight is 405 g/mol. The van der Waals surface area contributed by atoms with Gasteiger partial charge in [-0.25, -0.2) is 8.42 Å². The Balaban J connectivity index is 2.06. The maximum Gasteiger partial charge on any atom is 0.265 e. The molecule has 6 nitrogen and oxygen atoms in total. The lowest BCUT2D eigenvalue weighted by molar-refractivity contribution is -0.122. The van der Waals surface area contributed by atoms with Crippen molar-refractivity contribution < 1.29 is 17.9 Å². The summed E-state index contributed by atoms with van der Waals surface area (Å²) in [4.78, 5) is 12.6. The van der Waals surface area contributed by atoms with Crippen LogP contribution in [0.15, 0.2) is 47.4 Å². The van der Waals surface area contributed by atoms with Gasteiger partial charge in [0.25, 0.3) is 5.91 Å². The number of hydrogen-bond acceptors (Lipinski definition) is 4. The van der Waals surface area contributed by atoms with Gasteiger partial charge in [0.05, 0.1) is 4.90 Å². The minimum Gasteiger partial charge on any atom is -0.481 e. The molecular weight excluding hydrogens is 376 g/mol. The van der Waals surface area contributed by atoms with Gasteiger partial charge in [-0.05, 0) is 56.7 Å². The zero-order chi connectivity index (χ0) is 20.9. The van der Waals surface area contributed by atoms with Crippen LogP contribution in [0.2, 0.25) is 0 Å². The molecule has 0 heterocycles. The third-order valence-electron chi connectivity index (χ3n) is 4.47. The number of hydrogen-bond donors (Lipinski definition) is 1. The molecule has 2 aromatic rings. The van der Waals surface area contributed by atoms with Crippen LogP contribution in [0.5, 0.6) is 5.75 Å². The fourth-order valence-electron chi connectivity index (χ4n) is 2.84. The third kappa shape index (κ3) is 5.11. The maximum absolute atomic E-state index is 12.5. The molecule has 0 spiro atoms. The molecule has 1 atom stereocenters. The highest BCUT2D eigenvalue weighted by Gasteiger charge is 2.22. The van der Waals surface area contributed by atoms with Gasteiger partial charge in [0.15, 0.2) is 6.10 Å². The van der Waals surface area contributed by atoms with Crippen molar-refractivity contribution in [2.75, 3.05) is 18.4 Å². The molecule has 152 valence electrons. The minimum atomic E-state index is -3.52. The third-order valence-corrected chi connectivity index (χ3v) is 6.53. The van der Waals surface area contributed by atoms with Crippen LogP contribution in [0.4, 0.5) is 5.69 Å². The molecule has 7 heteroatoms. The van der Waals surface area contributed by atoms with Crippen molar-refractivity contribution in [3.63, 3.8) is 0 Å². The number of nitrogens with one attached hydrogen (secondary N) is 1. The van der Waals surface area contributed by atoms with E-state index in [1.54, 1.807) is 32.9 Å². The quantitative estimate of drug-likeness (QED) is 0.727. The van der Waals surface area contributed by atoms with E-state index >= 15 is 0 Å². The molecule has 0 saturated heterocycles. The number of carbonyl (C=O) groups excluding carboxylic acids is 1. The van der Waals surface area contributed by atoms with Crippen molar-refractivity contribution in [1.82, 2.24) is 4.31 Å². The van der Waals surface area contributed by atoms with Gasteiger partial charge < -0.3 is 10.1 Å². The Labute approximate surface area is 167 Å². The molecule has 0 unspecified atom stereocenters. The van der Waals surface area contributed by atoms with E-state index in [2.05, 4.69) is 5.32 Å². The van der Waals surface area contributed by atoms with Crippen molar-refractivity contribution in [1.29, 1.82) is 0 Å². The van der Waals surface area contributed by atoms with Crippen LogP contribution in [0, 0.1) is 13.8 Å². The zero-order valence-electron chi connectivity index (χ0n) is 17.0. The second-order valence-corrected chi connectivity index (χ2v) is 8.57. The monoisotopic (exact) mass is 404 g/mol. The fourth-order valence-corrected chi connectivity index (χ4v) is 4.30. The van der Waals surface area contributed by atoms with Crippen LogP contribution in [-0.2, 0) is 14.8 Å². The van der Waals surface area contributed by atoms with Gasteiger partial charge in [-0.2, -0.15) is 4.31 Å². The van der Waals surface area contributed by atoms with Crippen molar-refractivity contribution in [3.8, 4) is 5.75 Å². The topological polar surface area (TPSA) is 75.7 Å². The van der Waals surface area contributed by atoms with Gasteiger partial charge in [-0.3, -0.25) is 4.79 Å². The van der Waals surface area contributed by atoms with Crippen molar-refractivity contribution in [2.45, 2.75) is 45.6 Å². The van der Waals surface area contributed by atoms with Crippen LogP contribution in [-0.4, -0.2) is 37.8 Å². The summed E-state index contributed by atoms with van der Waals surface area (Å²) in [5.41, 5.74) is 2.60. The van der Waals surface area contributed by atoms with Crippen molar-refractivity contribution in [3.05, 3.63) is 53.6 Å². The highest BCUT2D eigenvalue weighted by Crippen LogP contribution is 2.21. The molecule has 0 aromatic heterocycles. The molecule has 0 aliphatic carbocycles. The van der Waals surface area contributed by atoms with E-state index in [4.69, 9.17) is 4.74 Å². The minimum absolute atomic E-state index is 0.203. The smallest absolute Gasteiger partial charge is 0.265 e. The number of anilines is 1. The van der Waals surface area contributed by atoms with E-state index in [0.717, 1.165) is 11.1 Å². The molecule has 2 aromatic carbocycles. The number of carbonyl (C=O) groups is 1. The molecule has 1 N–H and O–H groups in total. The molecule has 0 aliphatic heterocycles. The summed E-state index contributed by atoms with van der Waals surface area (Å²) in [5.74, 6) is 0.355. The largest absolute Gasteiger partial charge is 0.481 e. The summed E-state index contributed by atoms with van der Waals surface area (Å²) in [6.07, 6.45) is -0.694. The first kappa shape index (κ1) is 21.9. The lowest BCUT2D eigenvalue weighted by atomic mass is 10.1. The van der Waals surface area contributed by atoms with Crippen molar-refractivity contribution >= 4 is 21.6 Å². The number of amides is 1. The molecular formula is C21H28N2O4S. The molecule has 2 rings (SSSR count). The molecule has 1 amide bonds. The second-order valence-electron chi connectivity index (χ2n) is 6.63. The summed E-state index contributed by atoms with van der Waals surface area (Å²) >= 11 is 0. The summed E-state index contributed by atoms with van der Waals surface area (Å²) in [6, 6.07) is 11.9. The molecule has 0 saturated carbocycles. The molecule has 0 aliphatic rings. The Morgan fingerprint density at radius 1 is 1.07 bits per heavy atom. The summed E-state index contributed by atoms with van der Waals surface area (Å²) in [5, 5.41) is 2.76. The van der Waals surface area contributed by atoms with Crippen LogP contribution in [0.1, 0.15) is 31.9 Å². The van der Waals surface area contributed by atoms with Gasteiger partial charge in [0.1, 0.15) is 5.75 Å². The van der Waals surface area contributed by atoms with Gasteiger partial charge in [-0.1, -0.05) is 31.5 Å². The lowest BCUT2D eigenvalue weighted by Gasteiger charge is -2.19. The summed E-state index contributed by atoms with van der Waals surface area (Å²) in [6.45, 7) is 10.0. The van der Waals surface area contributed by atoms with Gasteiger partial charge in [0.2, 0.25) is 10.0 Å². The van der Waals surface area contributed by atoms with Crippen LogP contribution in [0.3, 0.4) is 0 Å². The van der Waals surface area contributed by atoms with Crippen LogP contribution >= 0.6 is 0 Å². The van der Waals surface area contributed by atoms with E-state index in [9.17, 15) is 13.2 Å². The maximum atomic E-state index is 12.5. The molecule has 0 bridgehead atoms. The van der Waals surface area contributed by atoms with Crippen molar-refractivity contribution in [2.24, 2.45) is 0 Å². The van der Waals surface area contributed by atoms with Gasteiger partial charge in [-0.15, -0.1) is 0 Å². The van der Waals surface area contributed by atoms with Gasteiger partial charge in [0, 0.05) is 18.8 Å². The number of benzene rings is 2. The molecule has 28 heavy (non-hydrogen) atoms. The van der Waals surface area contributed by atoms with E-state index in [1.807, 2.05) is 32.0 Å². The number of rotatable bonds is 8. The van der Waals surface area contributed by atoms with Crippen LogP contribution < -0.4 is 10.1 Å². The Hall–Kier alpha value is -2.38. The van der Waals surface area contributed by atoms with Gasteiger partial charge >= 0.3 is 0 Å². The lowest BCUT2D eigenvalue weighted by Crippen LogP contribution is -2.31. The highest BCUT2D eigenvalue weighted by atomic mass is 32.2.